The average molecular weight is 294 g/mol. The van der Waals surface area contributed by atoms with Crippen LogP contribution in [-0.2, 0) is 14.3 Å². The third-order valence-electron chi connectivity index (χ3n) is 2.78. The summed E-state index contributed by atoms with van der Waals surface area (Å²) >= 11 is 0. The zero-order chi connectivity index (χ0) is 15.8. The molecular formula is C14H18N2O5. The zero-order valence-electron chi connectivity index (χ0n) is 11.9. The van der Waals surface area contributed by atoms with Gasteiger partial charge in [-0.05, 0) is 25.5 Å². The van der Waals surface area contributed by atoms with Gasteiger partial charge in [-0.2, -0.15) is 0 Å². The van der Waals surface area contributed by atoms with Crippen molar-refractivity contribution in [2.24, 2.45) is 5.92 Å². The summed E-state index contributed by atoms with van der Waals surface area (Å²) in [5, 5.41) is 11.5. The number of hydrogen-bond donors (Lipinski definition) is 2. The summed E-state index contributed by atoms with van der Waals surface area (Å²) in [5.41, 5.74) is 0.118. The van der Waals surface area contributed by atoms with Crippen LogP contribution in [0.15, 0.2) is 24.4 Å². The van der Waals surface area contributed by atoms with Gasteiger partial charge in [0.1, 0.15) is 11.7 Å². The molecule has 2 atom stereocenters. The Labute approximate surface area is 122 Å². The molecular weight excluding hydrogens is 276 g/mol. The molecule has 0 fully saturated rings. The molecule has 0 aliphatic carbocycles. The van der Waals surface area contributed by atoms with E-state index in [0.717, 1.165) is 0 Å². The Morgan fingerprint density at radius 2 is 2.10 bits per heavy atom. The fourth-order valence-electron chi connectivity index (χ4n) is 1.69. The highest BCUT2D eigenvalue weighted by molar-refractivity contribution is 5.95. The van der Waals surface area contributed by atoms with E-state index >= 15 is 0 Å². The van der Waals surface area contributed by atoms with Gasteiger partial charge in [-0.3, -0.25) is 14.6 Å². The minimum atomic E-state index is -1.21. The highest BCUT2D eigenvalue weighted by Crippen LogP contribution is 2.09. The standard InChI is InChI=1S/C14H18N2O5/c1-3-21-14(20)9(2)8-11(13(18)19)16-12(17)10-6-4-5-7-15-10/h4-7,9,11H,3,8H2,1-2H3,(H,16,17)(H,18,19)/t9-,11+/m0/s1. The first-order chi connectivity index (χ1) is 9.95. The van der Waals surface area contributed by atoms with E-state index in [4.69, 9.17) is 9.84 Å². The Kier molecular flexibility index (Phi) is 6.32. The number of carboxylic acids is 1. The molecule has 2 N–H and O–H groups in total. The van der Waals surface area contributed by atoms with Crippen LogP contribution < -0.4 is 5.32 Å². The van der Waals surface area contributed by atoms with E-state index in [1.807, 2.05) is 0 Å². The number of carboxylic acid groups (broad SMARTS) is 1. The third-order valence-corrected chi connectivity index (χ3v) is 2.78. The Morgan fingerprint density at radius 1 is 1.38 bits per heavy atom. The lowest BCUT2D eigenvalue weighted by Crippen LogP contribution is -2.43. The van der Waals surface area contributed by atoms with Gasteiger partial charge in [-0.15, -0.1) is 0 Å². The number of hydrogen-bond acceptors (Lipinski definition) is 5. The van der Waals surface area contributed by atoms with E-state index in [2.05, 4.69) is 10.3 Å². The maximum Gasteiger partial charge on any atom is 0.326 e. The van der Waals surface area contributed by atoms with Crippen molar-refractivity contribution < 1.29 is 24.2 Å². The van der Waals surface area contributed by atoms with Crippen molar-refractivity contribution in [1.82, 2.24) is 10.3 Å². The summed E-state index contributed by atoms with van der Waals surface area (Å²) in [6.45, 7) is 3.45. The molecule has 0 aliphatic rings. The van der Waals surface area contributed by atoms with Crippen molar-refractivity contribution in [2.75, 3.05) is 6.61 Å². The Bertz CT molecular complexity index is 503. The Morgan fingerprint density at radius 3 is 2.62 bits per heavy atom. The number of rotatable bonds is 7. The summed E-state index contributed by atoms with van der Waals surface area (Å²) in [6.07, 6.45) is 1.39. The van der Waals surface area contributed by atoms with Crippen LogP contribution in [0.4, 0.5) is 0 Å². The molecule has 1 amide bonds. The fourth-order valence-corrected chi connectivity index (χ4v) is 1.69. The number of carbonyl (C=O) groups is 3. The normalized spacial score (nSPS) is 13.0. The predicted molar refractivity (Wildman–Crippen MR) is 73.5 cm³/mol. The molecule has 21 heavy (non-hydrogen) atoms. The number of aliphatic carboxylic acids is 1. The van der Waals surface area contributed by atoms with Crippen molar-refractivity contribution in [3.63, 3.8) is 0 Å². The number of carbonyl (C=O) groups excluding carboxylic acids is 2. The molecule has 0 spiro atoms. The number of aromatic nitrogens is 1. The number of amides is 1. The van der Waals surface area contributed by atoms with Crippen LogP contribution in [0.3, 0.4) is 0 Å². The second kappa shape index (κ2) is 7.98. The number of ether oxygens (including phenoxy) is 1. The van der Waals surface area contributed by atoms with E-state index in [9.17, 15) is 14.4 Å². The molecule has 1 aromatic heterocycles. The van der Waals surface area contributed by atoms with E-state index < -0.39 is 29.8 Å². The molecule has 0 bridgehead atoms. The smallest absolute Gasteiger partial charge is 0.326 e. The van der Waals surface area contributed by atoms with Crippen molar-refractivity contribution in [1.29, 1.82) is 0 Å². The van der Waals surface area contributed by atoms with E-state index in [1.165, 1.54) is 12.3 Å². The van der Waals surface area contributed by atoms with Gasteiger partial charge in [-0.25, -0.2) is 4.79 Å². The summed E-state index contributed by atoms with van der Waals surface area (Å²) < 4.78 is 4.82. The first-order valence-electron chi connectivity index (χ1n) is 6.57. The van der Waals surface area contributed by atoms with Crippen LogP contribution in [0.5, 0.6) is 0 Å². The molecule has 1 rings (SSSR count). The lowest BCUT2D eigenvalue weighted by molar-refractivity contribution is -0.148. The third kappa shape index (κ3) is 5.21. The second-order valence-electron chi connectivity index (χ2n) is 4.47. The summed E-state index contributed by atoms with van der Waals surface area (Å²) in [6, 6.07) is 3.56. The van der Waals surface area contributed by atoms with Gasteiger partial charge in [0.15, 0.2) is 0 Å². The Hall–Kier alpha value is -2.44. The van der Waals surface area contributed by atoms with Crippen LogP contribution in [0.25, 0.3) is 0 Å². The molecule has 7 heteroatoms. The minimum absolute atomic E-state index is 0.0489. The van der Waals surface area contributed by atoms with Gasteiger partial charge in [0.25, 0.3) is 5.91 Å². The number of pyridine rings is 1. The molecule has 0 unspecified atom stereocenters. The van der Waals surface area contributed by atoms with Crippen molar-refractivity contribution >= 4 is 17.8 Å². The molecule has 1 aromatic rings. The van der Waals surface area contributed by atoms with Crippen molar-refractivity contribution in [3.8, 4) is 0 Å². The van der Waals surface area contributed by atoms with E-state index in [1.54, 1.807) is 26.0 Å². The highest BCUT2D eigenvalue weighted by atomic mass is 16.5. The largest absolute Gasteiger partial charge is 0.480 e. The van der Waals surface area contributed by atoms with Gasteiger partial charge in [0, 0.05) is 6.20 Å². The van der Waals surface area contributed by atoms with Crippen LogP contribution in [-0.4, -0.2) is 40.6 Å². The van der Waals surface area contributed by atoms with Crippen molar-refractivity contribution in [2.45, 2.75) is 26.3 Å². The first kappa shape index (κ1) is 16.6. The number of nitrogens with one attached hydrogen (secondary N) is 1. The van der Waals surface area contributed by atoms with Gasteiger partial charge in [0.05, 0.1) is 12.5 Å². The summed E-state index contributed by atoms with van der Waals surface area (Å²) in [5.74, 6) is -2.93. The van der Waals surface area contributed by atoms with Crippen LogP contribution in [0.1, 0.15) is 30.8 Å². The number of nitrogens with zero attached hydrogens (tertiary/aromatic N) is 1. The maximum absolute atomic E-state index is 11.9. The number of esters is 1. The molecule has 0 radical (unpaired) electrons. The maximum atomic E-state index is 11.9. The van der Waals surface area contributed by atoms with E-state index in [-0.39, 0.29) is 18.7 Å². The SMILES string of the molecule is CCOC(=O)[C@@H](C)C[C@@H](NC(=O)c1ccccn1)C(=O)O. The van der Waals surface area contributed by atoms with Crippen LogP contribution >= 0.6 is 0 Å². The fraction of sp³-hybridized carbons (Fsp3) is 0.429. The monoisotopic (exact) mass is 294 g/mol. The molecule has 0 aromatic carbocycles. The zero-order valence-corrected chi connectivity index (χ0v) is 11.9. The topological polar surface area (TPSA) is 106 Å². The van der Waals surface area contributed by atoms with Crippen LogP contribution in [0, 0.1) is 5.92 Å². The van der Waals surface area contributed by atoms with Gasteiger partial charge >= 0.3 is 11.9 Å². The van der Waals surface area contributed by atoms with Gasteiger partial charge in [0.2, 0.25) is 0 Å². The minimum Gasteiger partial charge on any atom is -0.480 e. The van der Waals surface area contributed by atoms with Crippen molar-refractivity contribution in [3.05, 3.63) is 30.1 Å². The lowest BCUT2D eigenvalue weighted by atomic mass is 10.0. The molecule has 1 heterocycles. The lowest BCUT2D eigenvalue weighted by Gasteiger charge is -2.17. The summed E-state index contributed by atoms with van der Waals surface area (Å²) in [7, 11) is 0. The molecule has 114 valence electrons. The molecule has 0 aliphatic heterocycles. The highest BCUT2D eigenvalue weighted by Gasteiger charge is 2.27. The van der Waals surface area contributed by atoms with Crippen LogP contribution in [0.2, 0.25) is 0 Å². The van der Waals surface area contributed by atoms with Gasteiger partial charge < -0.3 is 15.2 Å². The molecule has 0 saturated carbocycles. The molecule has 0 saturated heterocycles. The quantitative estimate of drug-likeness (QED) is 0.722. The second-order valence-corrected chi connectivity index (χ2v) is 4.47. The predicted octanol–water partition coefficient (Wildman–Crippen LogP) is 0.854. The first-order valence-corrected chi connectivity index (χ1v) is 6.57. The Balaban J connectivity index is 2.68. The molecule has 7 nitrogen and oxygen atoms in total. The summed E-state index contributed by atoms with van der Waals surface area (Å²) in [4.78, 5) is 38.4. The van der Waals surface area contributed by atoms with E-state index in [0.29, 0.717) is 0 Å². The average Bonchev–Trinajstić information content (AvgIpc) is 2.47. The van der Waals surface area contributed by atoms with Gasteiger partial charge in [-0.1, -0.05) is 13.0 Å².